The highest BCUT2D eigenvalue weighted by molar-refractivity contribution is 6.22. The molecule has 1 unspecified atom stereocenters. The van der Waals surface area contributed by atoms with Crippen LogP contribution in [0, 0.1) is 0 Å². The number of hydroxylamine groups is 1. The molecule has 4 rings (SSSR count). The fourth-order valence-electron chi connectivity index (χ4n) is 4.21. The van der Waals surface area contributed by atoms with Crippen LogP contribution in [0.4, 0.5) is 5.69 Å². The van der Waals surface area contributed by atoms with Crippen LogP contribution in [0.5, 0.6) is 0 Å². The minimum absolute atomic E-state index is 0.0708. The lowest BCUT2D eigenvalue weighted by Gasteiger charge is -2.25. The van der Waals surface area contributed by atoms with Gasteiger partial charge in [0.25, 0.3) is 11.8 Å². The van der Waals surface area contributed by atoms with Gasteiger partial charge in [0.15, 0.2) is 0 Å². The van der Waals surface area contributed by atoms with E-state index in [0.717, 1.165) is 21.7 Å². The molecule has 4 N–H and O–H groups in total. The zero-order chi connectivity index (χ0) is 22.1. The SMILES string of the molecule is O=C(CCc1ccc2c(c1)C(C[C@@H](C(=O)O)N1C(=O)c3ccccc3C1=O)CN2)NO. The molecule has 0 aromatic heterocycles. The van der Waals surface area contributed by atoms with Gasteiger partial charge in [0, 0.05) is 24.6 Å². The lowest BCUT2D eigenvalue weighted by atomic mass is 9.91. The predicted molar refractivity (Wildman–Crippen MR) is 109 cm³/mol. The number of carbonyl (C=O) groups is 4. The molecule has 0 aliphatic carbocycles. The number of aliphatic carboxylic acids is 1. The van der Waals surface area contributed by atoms with Gasteiger partial charge in [0.1, 0.15) is 6.04 Å². The molecule has 2 aliphatic heterocycles. The quantitative estimate of drug-likeness (QED) is 0.303. The van der Waals surface area contributed by atoms with E-state index in [1.54, 1.807) is 17.6 Å². The summed E-state index contributed by atoms with van der Waals surface area (Å²) in [5, 5.41) is 21.7. The first-order valence-electron chi connectivity index (χ1n) is 9.90. The molecule has 0 radical (unpaired) electrons. The Balaban J connectivity index is 1.56. The smallest absolute Gasteiger partial charge is 0.326 e. The number of hydrogen-bond donors (Lipinski definition) is 4. The topological polar surface area (TPSA) is 136 Å². The molecular formula is C22H21N3O6. The number of carboxylic acids is 1. The Morgan fingerprint density at radius 1 is 1.13 bits per heavy atom. The molecule has 31 heavy (non-hydrogen) atoms. The second-order valence-electron chi connectivity index (χ2n) is 7.65. The first-order valence-corrected chi connectivity index (χ1v) is 9.90. The summed E-state index contributed by atoms with van der Waals surface area (Å²) < 4.78 is 0. The molecule has 0 saturated heterocycles. The third-order valence-electron chi connectivity index (χ3n) is 5.79. The fourth-order valence-corrected chi connectivity index (χ4v) is 4.21. The highest BCUT2D eigenvalue weighted by atomic mass is 16.5. The number of benzene rings is 2. The van der Waals surface area contributed by atoms with Crippen LogP contribution < -0.4 is 10.8 Å². The Morgan fingerprint density at radius 3 is 2.42 bits per heavy atom. The van der Waals surface area contributed by atoms with Gasteiger partial charge in [-0.1, -0.05) is 24.3 Å². The van der Waals surface area contributed by atoms with E-state index in [4.69, 9.17) is 5.21 Å². The van der Waals surface area contributed by atoms with E-state index >= 15 is 0 Å². The van der Waals surface area contributed by atoms with Crippen molar-refractivity contribution in [3.63, 3.8) is 0 Å². The zero-order valence-corrected chi connectivity index (χ0v) is 16.5. The number of amides is 3. The van der Waals surface area contributed by atoms with Gasteiger partial charge in [-0.3, -0.25) is 24.5 Å². The maximum absolute atomic E-state index is 12.8. The summed E-state index contributed by atoms with van der Waals surface area (Å²) in [4.78, 5) is 49.8. The summed E-state index contributed by atoms with van der Waals surface area (Å²) >= 11 is 0. The van der Waals surface area contributed by atoms with Gasteiger partial charge in [-0.05, 0) is 42.2 Å². The number of rotatable bonds is 7. The molecule has 9 nitrogen and oxygen atoms in total. The molecule has 2 aromatic rings. The van der Waals surface area contributed by atoms with Gasteiger partial charge in [-0.25, -0.2) is 10.3 Å². The lowest BCUT2D eigenvalue weighted by molar-refractivity contribution is -0.142. The molecule has 0 bridgehead atoms. The van der Waals surface area contributed by atoms with Crippen molar-refractivity contribution in [2.75, 3.05) is 11.9 Å². The van der Waals surface area contributed by atoms with Gasteiger partial charge >= 0.3 is 5.97 Å². The summed E-state index contributed by atoms with van der Waals surface area (Å²) in [6, 6.07) is 10.6. The van der Waals surface area contributed by atoms with E-state index < -0.39 is 29.7 Å². The highest BCUT2D eigenvalue weighted by Gasteiger charge is 2.44. The molecule has 9 heteroatoms. The lowest BCUT2D eigenvalue weighted by Crippen LogP contribution is -2.45. The second kappa shape index (κ2) is 8.19. The summed E-state index contributed by atoms with van der Waals surface area (Å²) in [7, 11) is 0. The minimum atomic E-state index is -1.30. The van der Waals surface area contributed by atoms with E-state index in [-0.39, 0.29) is 29.9 Å². The Labute approximate surface area is 177 Å². The average Bonchev–Trinajstić information content (AvgIpc) is 3.28. The standard InChI is InChI=1S/C22H21N3O6/c26-19(24-31)8-6-12-5-7-17-16(9-12)13(11-23-17)10-18(22(29)30)25-20(27)14-3-1-2-4-15(14)21(25)28/h1-5,7,9,13,18,23,31H,6,8,10-11H2,(H,24,26)(H,29,30)/t13?,18-/m0/s1. The van der Waals surface area contributed by atoms with E-state index in [2.05, 4.69) is 5.32 Å². The number of hydrogen-bond acceptors (Lipinski definition) is 6. The van der Waals surface area contributed by atoms with Gasteiger partial charge in [-0.15, -0.1) is 0 Å². The number of nitrogens with zero attached hydrogens (tertiary/aromatic N) is 1. The second-order valence-corrected chi connectivity index (χ2v) is 7.65. The number of fused-ring (bicyclic) bond motifs is 2. The molecule has 2 aromatic carbocycles. The van der Waals surface area contributed by atoms with Crippen LogP contribution in [-0.2, 0) is 16.0 Å². The summed E-state index contributed by atoms with van der Waals surface area (Å²) in [6.45, 7) is 0.475. The molecule has 0 saturated carbocycles. The third-order valence-corrected chi connectivity index (χ3v) is 5.79. The maximum atomic E-state index is 12.8. The van der Waals surface area contributed by atoms with Crippen molar-refractivity contribution in [1.29, 1.82) is 0 Å². The number of anilines is 1. The van der Waals surface area contributed by atoms with Crippen LogP contribution in [-0.4, -0.2) is 51.5 Å². The van der Waals surface area contributed by atoms with Crippen LogP contribution >= 0.6 is 0 Å². The van der Waals surface area contributed by atoms with Gasteiger partial charge in [0.2, 0.25) is 5.91 Å². The Morgan fingerprint density at radius 2 is 1.81 bits per heavy atom. The molecule has 0 spiro atoms. The van der Waals surface area contributed by atoms with Crippen molar-refractivity contribution in [1.82, 2.24) is 10.4 Å². The minimum Gasteiger partial charge on any atom is -0.480 e. The molecule has 2 heterocycles. The van der Waals surface area contributed by atoms with Gasteiger partial charge in [-0.2, -0.15) is 0 Å². The van der Waals surface area contributed by atoms with Crippen molar-refractivity contribution in [3.8, 4) is 0 Å². The molecule has 160 valence electrons. The van der Waals surface area contributed by atoms with Crippen LogP contribution in [0.3, 0.4) is 0 Å². The van der Waals surface area contributed by atoms with E-state index in [0.29, 0.717) is 13.0 Å². The summed E-state index contributed by atoms with van der Waals surface area (Å²) in [5.74, 6) is -3.15. The monoisotopic (exact) mass is 423 g/mol. The molecular weight excluding hydrogens is 402 g/mol. The maximum Gasteiger partial charge on any atom is 0.326 e. The zero-order valence-electron chi connectivity index (χ0n) is 16.5. The fraction of sp³-hybridized carbons (Fsp3) is 0.273. The van der Waals surface area contributed by atoms with Crippen molar-refractivity contribution in [2.45, 2.75) is 31.2 Å². The average molecular weight is 423 g/mol. The predicted octanol–water partition coefficient (Wildman–Crippen LogP) is 1.77. The van der Waals surface area contributed by atoms with Crippen molar-refractivity contribution in [2.24, 2.45) is 0 Å². The van der Waals surface area contributed by atoms with Crippen LogP contribution in [0.2, 0.25) is 0 Å². The summed E-state index contributed by atoms with van der Waals surface area (Å²) in [5.41, 5.74) is 4.63. The van der Waals surface area contributed by atoms with Crippen LogP contribution in [0.1, 0.15) is 50.6 Å². The third kappa shape index (κ3) is 3.75. The number of carboxylic acid groups (broad SMARTS) is 1. The van der Waals surface area contributed by atoms with Crippen molar-refractivity contribution < 1.29 is 29.5 Å². The molecule has 0 fully saturated rings. The van der Waals surface area contributed by atoms with E-state index in [1.807, 2.05) is 18.2 Å². The van der Waals surface area contributed by atoms with Crippen LogP contribution in [0.15, 0.2) is 42.5 Å². The molecule has 3 amide bonds. The van der Waals surface area contributed by atoms with Crippen LogP contribution in [0.25, 0.3) is 0 Å². The van der Waals surface area contributed by atoms with Gasteiger partial charge in [0.05, 0.1) is 11.1 Å². The number of imide groups is 1. The molecule has 2 atom stereocenters. The largest absolute Gasteiger partial charge is 0.480 e. The summed E-state index contributed by atoms with van der Waals surface area (Å²) in [6.07, 6.45) is 0.592. The number of nitrogens with one attached hydrogen (secondary N) is 2. The van der Waals surface area contributed by atoms with E-state index in [1.165, 1.54) is 12.1 Å². The normalized spacial score (nSPS) is 17.7. The number of carbonyl (C=O) groups excluding carboxylic acids is 3. The Hall–Kier alpha value is -3.72. The first-order chi connectivity index (χ1) is 14.9. The number of aryl methyl sites for hydroxylation is 1. The Kier molecular flexibility index (Phi) is 5.43. The van der Waals surface area contributed by atoms with E-state index in [9.17, 15) is 24.3 Å². The van der Waals surface area contributed by atoms with Crippen molar-refractivity contribution >= 4 is 29.4 Å². The van der Waals surface area contributed by atoms with Gasteiger partial charge < -0.3 is 10.4 Å². The first kappa shape index (κ1) is 20.5. The highest BCUT2D eigenvalue weighted by Crippen LogP contribution is 2.37. The Bertz CT molecular complexity index is 1050. The molecule has 2 aliphatic rings. The van der Waals surface area contributed by atoms with Crippen molar-refractivity contribution in [3.05, 3.63) is 64.7 Å².